The number of aromatic nitrogens is 8. The normalized spacial score (nSPS) is 17.2. The van der Waals surface area contributed by atoms with E-state index in [-0.39, 0.29) is 108 Å². The first-order chi connectivity index (χ1) is 32.0. The first-order valence-corrected chi connectivity index (χ1v) is 21.3. The Morgan fingerprint density at radius 2 is 1.14 bits per heavy atom. The molecule has 0 spiro atoms. The van der Waals surface area contributed by atoms with Crippen molar-refractivity contribution in [2.24, 2.45) is 10.9 Å². The molecule has 4 aromatic heterocycles. The van der Waals surface area contributed by atoms with Crippen molar-refractivity contribution in [2.45, 2.75) is 105 Å². The summed E-state index contributed by atoms with van der Waals surface area (Å²) < 4.78 is 30.7. The number of Topliss-reactive ketones (excluding diaryl/α,β-unsaturated/α-hetero) is 2. The molecule has 0 aliphatic carbocycles. The number of amides is 3. The van der Waals surface area contributed by atoms with Crippen LogP contribution < -0.4 is 5.73 Å². The second-order valence-corrected chi connectivity index (χ2v) is 16.1. The van der Waals surface area contributed by atoms with Crippen molar-refractivity contribution >= 4 is 70.8 Å². The number of rotatable bonds is 11. The molecular weight excluding hydrogens is 913 g/mol. The summed E-state index contributed by atoms with van der Waals surface area (Å²) in [6.45, 7) is 7.63. The van der Waals surface area contributed by atoms with Crippen LogP contribution in [0.2, 0.25) is 0 Å². The largest absolute Gasteiger partial charge is 0.411 e. The van der Waals surface area contributed by atoms with E-state index in [2.05, 4.69) is 35.3 Å². The van der Waals surface area contributed by atoms with Crippen LogP contribution >= 0.6 is 13.5 Å². The van der Waals surface area contributed by atoms with Gasteiger partial charge in [0.15, 0.2) is 11.6 Å². The third kappa shape index (κ3) is 12.9. The predicted molar refractivity (Wildman–Crippen MR) is 258 cm³/mol. The van der Waals surface area contributed by atoms with Gasteiger partial charge in [0, 0.05) is 98.1 Å². The molecule has 69 heavy (non-hydrogen) atoms. The van der Waals surface area contributed by atoms with Crippen LogP contribution in [0.4, 0.5) is 8.78 Å². The quantitative estimate of drug-likeness (QED) is 0.0665. The Balaban J connectivity index is 0.000000272. The van der Waals surface area contributed by atoms with E-state index in [1.165, 1.54) is 39.2 Å². The summed E-state index contributed by atoms with van der Waals surface area (Å²) in [6, 6.07) is 11.9. The van der Waals surface area contributed by atoms with E-state index in [4.69, 9.17) is 16.2 Å². The molecule has 22 heteroatoms. The summed E-state index contributed by atoms with van der Waals surface area (Å²) in [6.07, 6.45) is 6.03. The summed E-state index contributed by atoms with van der Waals surface area (Å²) in [5.41, 5.74) is 10.2. The summed E-state index contributed by atoms with van der Waals surface area (Å²) in [5.74, 6) is -0.443. The van der Waals surface area contributed by atoms with Gasteiger partial charge < -0.3 is 20.7 Å². The van der Waals surface area contributed by atoms with Crippen LogP contribution in [0.25, 0.3) is 44.1 Å². The lowest BCUT2D eigenvalue weighted by Crippen LogP contribution is -2.40. The molecule has 364 valence electrons. The molecule has 3 N–H and O–H groups in total. The van der Waals surface area contributed by atoms with E-state index in [9.17, 15) is 32.8 Å². The molecule has 0 bridgehead atoms. The lowest BCUT2D eigenvalue weighted by molar-refractivity contribution is -0.134. The third-order valence-electron chi connectivity index (χ3n) is 11.2. The fraction of sp³-hybridized carbons (Fsp3) is 0.383. The predicted octanol–water partition coefficient (Wildman–Crippen LogP) is 5.89. The Labute approximate surface area is 403 Å². The molecule has 6 aromatic rings. The van der Waals surface area contributed by atoms with Gasteiger partial charge >= 0.3 is 0 Å². The number of ketones is 2. The SMILES string of the molecule is C.C/C=N/O.CC(=O)c1nn(CC(=O)N2C[C@H](F)C[C@H]2CC#N)c2ccc(-c3cnc(C)nc3)cc12.CC(=O)c1nn(CC(=O)N2C[C@H](F)C[C@H]2CC(N)=O)c2ccc(-c3cnc(C)nc3)cc12.S. The molecule has 3 amide bonds. The van der Waals surface area contributed by atoms with Crippen molar-refractivity contribution in [1.29, 1.82) is 5.26 Å². The first kappa shape index (κ1) is 54.1. The van der Waals surface area contributed by atoms with Crippen molar-refractivity contribution in [3.8, 4) is 28.3 Å². The molecule has 2 fully saturated rings. The highest BCUT2D eigenvalue weighted by molar-refractivity contribution is 7.59. The highest BCUT2D eigenvalue weighted by Gasteiger charge is 2.37. The summed E-state index contributed by atoms with van der Waals surface area (Å²) in [5, 5.41) is 29.0. The molecule has 4 atom stereocenters. The van der Waals surface area contributed by atoms with Gasteiger partial charge in [0.2, 0.25) is 17.7 Å². The van der Waals surface area contributed by atoms with Gasteiger partial charge in [-0.1, -0.05) is 19.6 Å². The molecule has 2 saturated heterocycles. The van der Waals surface area contributed by atoms with Crippen LogP contribution in [0, 0.1) is 25.2 Å². The number of alkyl halides is 2. The fourth-order valence-electron chi connectivity index (χ4n) is 8.05. The standard InChI is InChI=1S/C22H23FN6O3.C22H21FN6O2.C2H5NO.CH4.H2S/c1-12(30)22-18-5-14(15-8-25-13(2)26-9-15)3-4-19(18)29(27-22)11-21(32)28-10-16(23)6-17(28)7-20(24)31;1-13(30)22-19-7-15(16-9-25-14(2)26-10-16)3-4-20(19)29(27-22)12-21(31)28-11-17(23)8-18(28)5-6-24;1-2-3-4;;/h3-5,8-9,16-17H,6-7,10-11H2,1-2H3,(H2,24,31);3-4,7,9-10,17-18H,5,8,11-12H2,1-2H3;2,4H,1H3;1H4;1H2/b;;3-2+;;/t16-,17+;17-,18-;;;/m11.../s1. The Kier molecular flexibility index (Phi) is 18.8. The topological polar surface area (TPSA) is 261 Å². The number of nitrogens with zero attached hydrogens (tertiary/aromatic N) is 12. The fourth-order valence-corrected chi connectivity index (χ4v) is 8.05. The number of carbonyl (C=O) groups is 5. The maximum absolute atomic E-state index is 13.9. The molecule has 19 nitrogen and oxygen atoms in total. The zero-order valence-corrected chi connectivity index (χ0v) is 39.0. The van der Waals surface area contributed by atoms with Crippen molar-refractivity contribution < 1.29 is 38.0 Å². The van der Waals surface area contributed by atoms with Crippen molar-refractivity contribution in [3.63, 3.8) is 0 Å². The van der Waals surface area contributed by atoms with E-state index in [0.717, 1.165) is 22.3 Å². The zero-order valence-electron chi connectivity index (χ0n) is 38.0. The Morgan fingerprint density at radius 1 is 0.754 bits per heavy atom. The lowest BCUT2D eigenvalue weighted by Gasteiger charge is -2.23. The Bertz CT molecular complexity index is 2880. The van der Waals surface area contributed by atoms with Crippen LogP contribution in [-0.2, 0) is 27.5 Å². The number of nitrogens with two attached hydrogens (primary N) is 1. The molecular formula is C47H55F2N13O6S. The highest BCUT2D eigenvalue weighted by Crippen LogP contribution is 2.30. The zero-order chi connectivity index (χ0) is 48.5. The molecule has 0 radical (unpaired) electrons. The number of oxime groups is 1. The van der Waals surface area contributed by atoms with Crippen molar-refractivity contribution in [2.75, 3.05) is 13.1 Å². The third-order valence-corrected chi connectivity index (χ3v) is 11.2. The van der Waals surface area contributed by atoms with Gasteiger partial charge in [0.25, 0.3) is 0 Å². The van der Waals surface area contributed by atoms with E-state index >= 15 is 0 Å². The average molecular weight is 968 g/mol. The summed E-state index contributed by atoms with van der Waals surface area (Å²) >= 11 is 0. The smallest absolute Gasteiger partial charge is 0.244 e. The Hall–Kier alpha value is -7.54. The van der Waals surface area contributed by atoms with Crippen LogP contribution in [0.3, 0.4) is 0 Å². The first-order valence-electron chi connectivity index (χ1n) is 21.3. The van der Waals surface area contributed by atoms with Gasteiger partial charge in [0.1, 0.15) is 48.5 Å². The van der Waals surface area contributed by atoms with Crippen molar-refractivity contribution in [3.05, 3.63) is 84.2 Å². The minimum atomic E-state index is -1.20. The number of halogens is 2. The molecule has 2 aliphatic rings. The lowest BCUT2D eigenvalue weighted by atomic mass is 10.0. The number of nitriles is 1. The second-order valence-electron chi connectivity index (χ2n) is 16.1. The number of fused-ring (bicyclic) bond motifs is 2. The van der Waals surface area contributed by atoms with Gasteiger partial charge in [-0.25, -0.2) is 28.7 Å². The minimum Gasteiger partial charge on any atom is -0.411 e. The number of hydrogen-bond acceptors (Lipinski definition) is 14. The van der Waals surface area contributed by atoms with E-state index in [0.29, 0.717) is 33.5 Å². The molecule has 6 heterocycles. The Morgan fingerprint density at radius 3 is 1.51 bits per heavy atom. The summed E-state index contributed by atoms with van der Waals surface area (Å²) in [7, 11) is 0. The van der Waals surface area contributed by atoms with E-state index in [1.807, 2.05) is 30.3 Å². The van der Waals surface area contributed by atoms with Crippen LogP contribution in [0.1, 0.15) is 86.5 Å². The average Bonchev–Trinajstić information content (AvgIpc) is 4.06. The molecule has 2 aromatic carbocycles. The minimum absolute atomic E-state index is 0. The molecule has 8 rings (SSSR count). The van der Waals surface area contributed by atoms with E-state index < -0.39 is 30.3 Å². The number of primary amides is 1. The van der Waals surface area contributed by atoms with E-state index in [1.54, 1.807) is 57.7 Å². The number of likely N-dealkylation sites (tertiary alicyclic amines) is 2. The van der Waals surface area contributed by atoms with Gasteiger partial charge in [-0.3, -0.25) is 33.3 Å². The molecule has 2 aliphatic heterocycles. The number of hydrogen-bond donors (Lipinski definition) is 2. The molecule has 0 unspecified atom stereocenters. The summed E-state index contributed by atoms with van der Waals surface area (Å²) in [4.78, 5) is 81.1. The highest BCUT2D eigenvalue weighted by atomic mass is 32.1. The van der Waals surface area contributed by atoms with Gasteiger partial charge in [0.05, 0.1) is 36.6 Å². The van der Waals surface area contributed by atoms with Crippen LogP contribution in [0.15, 0.2) is 66.3 Å². The van der Waals surface area contributed by atoms with Crippen LogP contribution in [0.5, 0.6) is 0 Å². The van der Waals surface area contributed by atoms with Gasteiger partial charge in [-0.2, -0.15) is 29.0 Å². The maximum atomic E-state index is 13.9. The monoisotopic (exact) mass is 967 g/mol. The van der Waals surface area contributed by atoms with Crippen molar-refractivity contribution in [1.82, 2.24) is 49.3 Å². The molecule has 0 saturated carbocycles. The number of benzene rings is 2. The number of aryl methyl sites for hydroxylation is 2. The number of carbonyl (C=O) groups excluding carboxylic acids is 5. The maximum Gasteiger partial charge on any atom is 0.244 e. The van der Waals surface area contributed by atoms with Crippen LogP contribution in [-0.4, -0.2) is 128 Å². The second kappa shape index (κ2) is 24.0. The van der Waals surface area contributed by atoms with Gasteiger partial charge in [-0.15, -0.1) is 5.16 Å². The van der Waals surface area contributed by atoms with Gasteiger partial charge in [-0.05, 0) is 56.2 Å².